The van der Waals surface area contributed by atoms with Crippen molar-refractivity contribution in [2.75, 3.05) is 13.1 Å². The lowest BCUT2D eigenvalue weighted by atomic mass is 9.74. The number of nitrogens with zero attached hydrogens (tertiary/aromatic N) is 1. The summed E-state index contributed by atoms with van der Waals surface area (Å²) in [6.07, 6.45) is 5.24. The van der Waals surface area contributed by atoms with E-state index in [1.54, 1.807) is 13.8 Å². The highest BCUT2D eigenvalue weighted by Gasteiger charge is 2.44. The van der Waals surface area contributed by atoms with Crippen LogP contribution in [0.2, 0.25) is 0 Å². The molecular formula is C17H31N3O2. The number of amides is 2. The van der Waals surface area contributed by atoms with Crippen LogP contribution in [0.5, 0.6) is 0 Å². The van der Waals surface area contributed by atoms with Crippen molar-refractivity contribution < 1.29 is 9.59 Å². The maximum absolute atomic E-state index is 13.1. The lowest BCUT2D eigenvalue weighted by Gasteiger charge is -2.44. The van der Waals surface area contributed by atoms with Gasteiger partial charge in [0.05, 0.1) is 0 Å². The molecule has 3 N–H and O–H groups in total. The monoisotopic (exact) mass is 309 g/mol. The van der Waals surface area contributed by atoms with Gasteiger partial charge in [-0.05, 0) is 57.9 Å². The fourth-order valence-electron chi connectivity index (χ4n) is 3.60. The second kappa shape index (κ2) is 6.19. The highest BCUT2D eigenvalue weighted by atomic mass is 16.2. The number of carbonyl (C=O) groups is 2. The third-order valence-corrected chi connectivity index (χ3v) is 5.51. The minimum Gasteiger partial charge on any atom is -0.369 e. The van der Waals surface area contributed by atoms with Crippen molar-refractivity contribution in [2.24, 2.45) is 16.6 Å². The molecule has 2 fully saturated rings. The minimum absolute atomic E-state index is 0.0987. The van der Waals surface area contributed by atoms with Gasteiger partial charge in [0, 0.05) is 18.6 Å². The second-order valence-corrected chi connectivity index (χ2v) is 8.24. The molecule has 1 aliphatic carbocycles. The van der Waals surface area contributed by atoms with Gasteiger partial charge in [-0.2, -0.15) is 0 Å². The average molecular weight is 309 g/mol. The zero-order chi connectivity index (χ0) is 16.5. The molecule has 1 saturated heterocycles. The number of hydrogen-bond donors (Lipinski definition) is 2. The molecule has 0 radical (unpaired) electrons. The molecule has 0 unspecified atom stereocenters. The molecule has 1 atom stereocenters. The Labute approximate surface area is 134 Å². The van der Waals surface area contributed by atoms with Crippen LogP contribution < -0.4 is 11.1 Å². The SMILES string of the molecule is CC1(C)CCC(N(C(=O)C(C)(C)C(N)=O)[C@H]2CCNC2)CC1. The second-order valence-electron chi connectivity index (χ2n) is 8.24. The number of carbonyl (C=O) groups excluding carboxylic acids is 2. The maximum atomic E-state index is 13.1. The number of nitrogens with two attached hydrogens (primary N) is 1. The summed E-state index contributed by atoms with van der Waals surface area (Å²) in [6.45, 7) is 9.64. The van der Waals surface area contributed by atoms with Crippen molar-refractivity contribution in [2.45, 2.75) is 71.9 Å². The van der Waals surface area contributed by atoms with Gasteiger partial charge >= 0.3 is 0 Å². The zero-order valence-corrected chi connectivity index (χ0v) is 14.4. The van der Waals surface area contributed by atoms with Crippen molar-refractivity contribution in [3.63, 3.8) is 0 Å². The van der Waals surface area contributed by atoms with Crippen LogP contribution in [-0.2, 0) is 9.59 Å². The lowest BCUT2D eigenvalue weighted by Crippen LogP contribution is -2.56. The van der Waals surface area contributed by atoms with E-state index in [9.17, 15) is 9.59 Å². The van der Waals surface area contributed by atoms with Crippen molar-refractivity contribution in [3.05, 3.63) is 0 Å². The van der Waals surface area contributed by atoms with Gasteiger partial charge in [0.2, 0.25) is 11.8 Å². The molecular weight excluding hydrogens is 278 g/mol. The molecule has 1 heterocycles. The van der Waals surface area contributed by atoms with Gasteiger partial charge in [-0.25, -0.2) is 0 Å². The molecule has 1 saturated carbocycles. The number of hydrogen-bond acceptors (Lipinski definition) is 3. The summed E-state index contributed by atoms with van der Waals surface area (Å²) in [5.41, 5.74) is 4.71. The van der Waals surface area contributed by atoms with Crippen LogP contribution in [0.4, 0.5) is 0 Å². The molecule has 0 bridgehead atoms. The van der Waals surface area contributed by atoms with Crippen LogP contribution in [0, 0.1) is 10.8 Å². The van der Waals surface area contributed by atoms with Crippen molar-refractivity contribution >= 4 is 11.8 Å². The molecule has 2 aliphatic rings. The van der Waals surface area contributed by atoms with Crippen LogP contribution in [0.15, 0.2) is 0 Å². The van der Waals surface area contributed by atoms with Crippen LogP contribution in [0.1, 0.15) is 59.8 Å². The first kappa shape index (κ1) is 17.3. The summed E-state index contributed by atoms with van der Waals surface area (Å²) in [6, 6.07) is 0.432. The standard InChI is InChI=1S/C17H31N3O2/c1-16(2)8-5-12(6-9-16)20(13-7-10-19-11-13)15(22)17(3,4)14(18)21/h12-13,19H,5-11H2,1-4H3,(H2,18,21)/t13-/m0/s1. The molecule has 22 heavy (non-hydrogen) atoms. The Morgan fingerprint density at radius 3 is 2.18 bits per heavy atom. The quantitative estimate of drug-likeness (QED) is 0.776. The Hall–Kier alpha value is -1.10. The van der Waals surface area contributed by atoms with E-state index in [-0.39, 0.29) is 18.0 Å². The predicted molar refractivity (Wildman–Crippen MR) is 87.1 cm³/mol. The van der Waals surface area contributed by atoms with Gasteiger partial charge in [0.25, 0.3) is 0 Å². The Morgan fingerprint density at radius 2 is 1.73 bits per heavy atom. The normalized spacial score (nSPS) is 25.9. The van der Waals surface area contributed by atoms with Crippen LogP contribution in [0.25, 0.3) is 0 Å². The van der Waals surface area contributed by atoms with E-state index < -0.39 is 11.3 Å². The fraction of sp³-hybridized carbons (Fsp3) is 0.882. The van der Waals surface area contributed by atoms with Gasteiger partial charge in [0.1, 0.15) is 5.41 Å². The Morgan fingerprint density at radius 1 is 1.14 bits per heavy atom. The molecule has 5 heteroatoms. The van der Waals surface area contributed by atoms with E-state index in [0.29, 0.717) is 5.41 Å². The Balaban J connectivity index is 2.20. The van der Waals surface area contributed by atoms with E-state index in [0.717, 1.165) is 45.2 Å². The minimum atomic E-state index is -1.13. The lowest BCUT2D eigenvalue weighted by molar-refractivity contribution is -0.152. The van der Waals surface area contributed by atoms with Crippen LogP contribution >= 0.6 is 0 Å². The van der Waals surface area contributed by atoms with E-state index in [4.69, 9.17) is 5.73 Å². The Bertz CT molecular complexity index is 429. The van der Waals surface area contributed by atoms with Gasteiger partial charge < -0.3 is 16.0 Å². The summed E-state index contributed by atoms with van der Waals surface area (Å²) in [5.74, 6) is -0.636. The predicted octanol–water partition coefficient (Wildman–Crippen LogP) is 1.66. The van der Waals surface area contributed by atoms with Gasteiger partial charge in [-0.15, -0.1) is 0 Å². The molecule has 0 aromatic heterocycles. The van der Waals surface area contributed by atoms with E-state index in [1.807, 2.05) is 4.90 Å². The molecule has 5 nitrogen and oxygen atoms in total. The first-order valence-corrected chi connectivity index (χ1v) is 8.48. The smallest absolute Gasteiger partial charge is 0.238 e. The molecule has 0 aromatic carbocycles. The molecule has 126 valence electrons. The molecule has 1 aliphatic heterocycles. The highest BCUT2D eigenvalue weighted by molar-refractivity contribution is 6.03. The van der Waals surface area contributed by atoms with Gasteiger partial charge in [-0.1, -0.05) is 13.8 Å². The van der Waals surface area contributed by atoms with Crippen LogP contribution in [-0.4, -0.2) is 41.9 Å². The highest BCUT2D eigenvalue weighted by Crippen LogP contribution is 2.39. The van der Waals surface area contributed by atoms with E-state index in [2.05, 4.69) is 19.2 Å². The molecule has 2 rings (SSSR count). The summed E-state index contributed by atoms with van der Waals surface area (Å²) < 4.78 is 0. The molecule has 0 aromatic rings. The van der Waals surface area contributed by atoms with Gasteiger partial charge in [-0.3, -0.25) is 9.59 Å². The average Bonchev–Trinajstić information content (AvgIpc) is 2.94. The Kier molecular flexibility index (Phi) is 4.85. The third-order valence-electron chi connectivity index (χ3n) is 5.51. The largest absolute Gasteiger partial charge is 0.369 e. The van der Waals surface area contributed by atoms with Gasteiger partial charge in [0.15, 0.2) is 0 Å². The summed E-state index contributed by atoms with van der Waals surface area (Å²) in [5, 5.41) is 3.33. The van der Waals surface area contributed by atoms with Crippen LogP contribution in [0.3, 0.4) is 0 Å². The van der Waals surface area contributed by atoms with Crippen molar-refractivity contribution in [3.8, 4) is 0 Å². The van der Waals surface area contributed by atoms with Crippen molar-refractivity contribution in [1.29, 1.82) is 0 Å². The van der Waals surface area contributed by atoms with Crippen molar-refractivity contribution in [1.82, 2.24) is 10.2 Å². The third kappa shape index (κ3) is 3.45. The van der Waals surface area contributed by atoms with E-state index >= 15 is 0 Å². The number of primary amides is 1. The zero-order valence-electron chi connectivity index (χ0n) is 14.4. The topological polar surface area (TPSA) is 75.4 Å². The molecule has 2 amide bonds. The summed E-state index contributed by atoms with van der Waals surface area (Å²) >= 11 is 0. The first-order chi connectivity index (χ1) is 10.1. The first-order valence-electron chi connectivity index (χ1n) is 8.48. The summed E-state index contributed by atoms with van der Waals surface area (Å²) in [4.78, 5) is 26.8. The summed E-state index contributed by atoms with van der Waals surface area (Å²) in [7, 11) is 0. The fourth-order valence-corrected chi connectivity index (χ4v) is 3.60. The molecule has 0 spiro atoms. The van der Waals surface area contributed by atoms with E-state index in [1.165, 1.54) is 0 Å². The number of rotatable bonds is 4. The maximum Gasteiger partial charge on any atom is 0.238 e. The number of nitrogens with one attached hydrogen (secondary N) is 1.